The summed E-state index contributed by atoms with van der Waals surface area (Å²) >= 11 is 3.25. The van der Waals surface area contributed by atoms with Crippen LogP contribution in [0.1, 0.15) is 29.8 Å². The van der Waals surface area contributed by atoms with Crippen LogP contribution in [0, 0.1) is 0 Å². The molecule has 0 radical (unpaired) electrons. The van der Waals surface area contributed by atoms with Crippen molar-refractivity contribution in [2.75, 3.05) is 7.11 Å². The number of carbonyl (C=O) groups excluding carboxylic acids is 1. The lowest BCUT2D eigenvalue weighted by atomic mass is 10.1. The van der Waals surface area contributed by atoms with Crippen LogP contribution >= 0.6 is 15.9 Å². The fraction of sp³-hybridized carbons (Fsp3) is 0.211. The first kappa shape index (κ1) is 18.1. The molecular weight excluding hydrogens is 372 g/mol. The standard InChI is InChI=1S/C19H19BrO4/c1-12(2)24-15-7-5-14(6-8-15)17(21)9-4-13-10-16(20)19(22)18(11-13)23-3/h4-12,22H,1-3H3/b9-4+. The molecule has 126 valence electrons. The molecule has 4 nitrogen and oxygen atoms in total. The van der Waals surface area contributed by atoms with Crippen molar-refractivity contribution in [3.63, 3.8) is 0 Å². The van der Waals surface area contributed by atoms with E-state index in [1.54, 1.807) is 42.5 Å². The van der Waals surface area contributed by atoms with Crippen molar-refractivity contribution >= 4 is 27.8 Å². The van der Waals surface area contributed by atoms with Crippen LogP contribution in [-0.4, -0.2) is 24.1 Å². The Hall–Kier alpha value is -2.27. The maximum atomic E-state index is 12.2. The molecule has 0 amide bonds. The third-order valence-corrected chi connectivity index (χ3v) is 3.81. The van der Waals surface area contributed by atoms with Gasteiger partial charge in [0.05, 0.1) is 17.7 Å². The lowest BCUT2D eigenvalue weighted by Gasteiger charge is -2.09. The smallest absolute Gasteiger partial charge is 0.185 e. The highest BCUT2D eigenvalue weighted by molar-refractivity contribution is 9.10. The second kappa shape index (κ2) is 8.02. The predicted molar refractivity (Wildman–Crippen MR) is 97.9 cm³/mol. The molecule has 2 aromatic rings. The Bertz CT molecular complexity index is 749. The van der Waals surface area contributed by atoms with Gasteiger partial charge in [0.2, 0.25) is 0 Å². The van der Waals surface area contributed by atoms with Crippen LogP contribution in [0.25, 0.3) is 6.08 Å². The van der Waals surface area contributed by atoms with E-state index in [1.165, 1.54) is 13.2 Å². The van der Waals surface area contributed by atoms with Gasteiger partial charge in [-0.25, -0.2) is 0 Å². The van der Waals surface area contributed by atoms with E-state index >= 15 is 0 Å². The number of ether oxygens (including phenoxy) is 2. The van der Waals surface area contributed by atoms with Gasteiger partial charge in [-0.1, -0.05) is 6.08 Å². The van der Waals surface area contributed by atoms with E-state index in [9.17, 15) is 9.90 Å². The fourth-order valence-electron chi connectivity index (χ4n) is 2.08. The molecule has 0 spiro atoms. The molecule has 5 heteroatoms. The lowest BCUT2D eigenvalue weighted by Crippen LogP contribution is -2.05. The van der Waals surface area contributed by atoms with Crippen molar-refractivity contribution < 1.29 is 19.4 Å². The summed E-state index contributed by atoms with van der Waals surface area (Å²) in [4.78, 5) is 12.2. The zero-order valence-electron chi connectivity index (χ0n) is 13.7. The molecule has 2 rings (SSSR count). The van der Waals surface area contributed by atoms with E-state index in [4.69, 9.17) is 9.47 Å². The predicted octanol–water partition coefficient (Wildman–Crippen LogP) is 4.85. The van der Waals surface area contributed by atoms with Gasteiger partial charge in [-0.2, -0.15) is 0 Å². The van der Waals surface area contributed by atoms with Crippen molar-refractivity contribution in [2.45, 2.75) is 20.0 Å². The van der Waals surface area contributed by atoms with Crippen molar-refractivity contribution in [3.05, 3.63) is 58.1 Å². The number of carbonyl (C=O) groups is 1. The number of rotatable bonds is 6. The second-order valence-corrected chi connectivity index (χ2v) is 6.30. The Morgan fingerprint density at radius 2 is 1.88 bits per heavy atom. The summed E-state index contributed by atoms with van der Waals surface area (Å²) < 4.78 is 11.1. The Morgan fingerprint density at radius 3 is 2.46 bits per heavy atom. The SMILES string of the molecule is COc1cc(/C=C/C(=O)c2ccc(OC(C)C)cc2)cc(Br)c1O. The minimum absolute atomic E-state index is 0.0294. The van der Waals surface area contributed by atoms with E-state index in [0.717, 1.165) is 11.3 Å². The molecule has 0 bridgehead atoms. The van der Waals surface area contributed by atoms with Crippen LogP contribution in [0.15, 0.2) is 46.9 Å². The molecule has 0 aliphatic carbocycles. The van der Waals surface area contributed by atoms with Crippen molar-refractivity contribution in [1.29, 1.82) is 0 Å². The first-order valence-corrected chi connectivity index (χ1v) is 8.25. The minimum Gasteiger partial charge on any atom is -0.503 e. The van der Waals surface area contributed by atoms with Crippen LogP contribution in [-0.2, 0) is 0 Å². The molecule has 0 heterocycles. The zero-order valence-corrected chi connectivity index (χ0v) is 15.3. The number of methoxy groups -OCH3 is 1. The van der Waals surface area contributed by atoms with Crippen molar-refractivity contribution in [2.24, 2.45) is 0 Å². The molecule has 1 N–H and O–H groups in total. The van der Waals surface area contributed by atoms with Crippen LogP contribution in [0.4, 0.5) is 0 Å². The molecule has 0 saturated carbocycles. The number of allylic oxidation sites excluding steroid dienone is 1. The Labute approximate surface area is 149 Å². The molecular formula is C19H19BrO4. The summed E-state index contributed by atoms with van der Waals surface area (Å²) in [6.07, 6.45) is 3.25. The highest BCUT2D eigenvalue weighted by Gasteiger charge is 2.08. The Balaban J connectivity index is 2.14. The quantitative estimate of drug-likeness (QED) is 0.565. The second-order valence-electron chi connectivity index (χ2n) is 5.44. The maximum Gasteiger partial charge on any atom is 0.185 e. The molecule has 0 saturated heterocycles. The number of halogens is 1. The Morgan fingerprint density at radius 1 is 1.21 bits per heavy atom. The lowest BCUT2D eigenvalue weighted by molar-refractivity contribution is 0.104. The highest BCUT2D eigenvalue weighted by atomic mass is 79.9. The molecule has 0 aliphatic rings. The van der Waals surface area contributed by atoms with E-state index in [2.05, 4.69) is 15.9 Å². The van der Waals surface area contributed by atoms with Gasteiger partial charge in [0.25, 0.3) is 0 Å². The number of aromatic hydroxyl groups is 1. The molecule has 0 fully saturated rings. The van der Waals surface area contributed by atoms with Crippen molar-refractivity contribution in [1.82, 2.24) is 0 Å². The fourth-order valence-corrected chi connectivity index (χ4v) is 2.54. The number of hydrogen-bond donors (Lipinski definition) is 1. The van der Waals surface area contributed by atoms with Gasteiger partial charge in [0.1, 0.15) is 5.75 Å². The maximum absolute atomic E-state index is 12.2. The first-order valence-electron chi connectivity index (χ1n) is 7.46. The average molecular weight is 391 g/mol. The van der Waals surface area contributed by atoms with Gasteiger partial charge in [-0.15, -0.1) is 0 Å². The number of ketones is 1. The number of hydrogen-bond acceptors (Lipinski definition) is 4. The minimum atomic E-state index is -0.116. The van der Waals surface area contributed by atoms with E-state index < -0.39 is 0 Å². The molecule has 2 aromatic carbocycles. The van der Waals surface area contributed by atoms with E-state index in [1.807, 2.05) is 13.8 Å². The summed E-state index contributed by atoms with van der Waals surface area (Å²) in [5, 5.41) is 9.79. The average Bonchev–Trinajstić information content (AvgIpc) is 2.55. The topological polar surface area (TPSA) is 55.8 Å². The van der Waals surface area contributed by atoms with Crippen LogP contribution in [0.5, 0.6) is 17.2 Å². The molecule has 0 unspecified atom stereocenters. The van der Waals surface area contributed by atoms with Gasteiger partial charge in [0.15, 0.2) is 17.3 Å². The number of phenolic OH excluding ortho intramolecular Hbond substituents is 1. The number of phenols is 1. The molecule has 0 aliphatic heterocycles. The van der Waals surface area contributed by atoms with Crippen molar-refractivity contribution in [3.8, 4) is 17.2 Å². The third kappa shape index (κ3) is 4.61. The third-order valence-electron chi connectivity index (χ3n) is 3.21. The largest absolute Gasteiger partial charge is 0.503 e. The zero-order chi connectivity index (χ0) is 17.7. The summed E-state index contributed by atoms with van der Waals surface area (Å²) in [6.45, 7) is 3.90. The summed E-state index contributed by atoms with van der Waals surface area (Å²) in [5.41, 5.74) is 1.32. The normalized spacial score (nSPS) is 11.0. The van der Waals surface area contributed by atoms with Crippen LogP contribution in [0.2, 0.25) is 0 Å². The van der Waals surface area contributed by atoms with E-state index in [0.29, 0.717) is 15.8 Å². The molecule has 0 aromatic heterocycles. The van der Waals surface area contributed by atoms with Gasteiger partial charge in [-0.3, -0.25) is 4.79 Å². The van der Waals surface area contributed by atoms with E-state index in [-0.39, 0.29) is 17.6 Å². The first-order chi connectivity index (χ1) is 11.4. The monoisotopic (exact) mass is 390 g/mol. The van der Waals surface area contributed by atoms with Gasteiger partial charge in [-0.05, 0) is 77.8 Å². The Kier molecular flexibility index (Phi) is 6.04. The summed E-state index contributed by atoms with van der Waals surface area (Å²) in [5.74, 6) is 0.986. The van der Waals surface area contributed by atoms with Gasteiger partial charge in [0, 0.05) is 5.56 Å². The van der Waals surface area contributed by atoms with Crippen LogP contribution < -0.4 is 9.47 Å². The molecule has 0 atom stereocenters. The van der Waals surface area contributed by atoms with Gasteiger partial charge >= 0.3 is 0 Å². The van der Waals surface area contributed by atoms with Gasteiger partial charge < -0.3 is 14.6 Å². The number of benzene rings is 2. The van der Waals surface area contributed by atoms with Crippen LogP contribution in [0.3, 0.4) is 0 Å². The highest BCUT2D eigenvalue weighted by Crippen LogP contribution is 2.35. The summed E-state index contributed by atoms with van der Waals surface area (Å²) in [7, 11) is 1.47. The summed E-state index contributed by atoms with van der Waals surface area (Å²) in [6, 6.07) is 10.4. The molecule has 24 heavy (non-hydrogen) atoms.